The number of alkyl halides is 1. The Balaban J connectivity index is 3.02. The molecule has 0 saturated heterocycles. The first kappa shape index (κ1) is 2.70. The van der Waals surface area contributed by atoms with Crippen molar-refractivity contribution in [2.24, 2.45) is 0 Å². The monoisotopic (exact) mass is 123 g/mol. The zero-order valence-electron chi connectivity index (χ0n) is 3.88. The second-order valence-corrected chi connectivity index (χ2v) is 2.46. The van der Waals surface area contributed by atoms with E-state index in [0.29, 0.717) is 0 Å². The Bertz CT molecular complexity index is 22.4. The van der Waals surface area contributed by atoms with Gasteiger partial charge in [-0.25, -0.2) is 0 Å². The van der Waals surface area contributed by atoms with E-state index in [0.717, 1.165) is 0 Å². The maximum Gasteiger partial charge on any atom is 0.0417 e. The molecule has 0 aromatic rings. The van der Waals surface area contributed by atoms with Gasteiger partial charge in [-0.2, -0.15) is 0 Å². The molecule has 0 nitrogen and oxygen atoms in total. The minimum absolute atomic E-state index is 0.438. The molecule has 0 aliphatic rings. The van der Waals surface area contributed by atoms with Gasteiger partial charge in [-0.1, -0.05) is 29.8 Å². The van der Waals surface area contributed by atoms with E-state index in [1.54, 1.807) is 13.8 Å². The van der Waals surface area contributed by atoms with Crippen LogP contribution in [0.1, 0.15) is 15.2 Å². The second-order valence-electron chi connectivity index (χ2n) is 0.878. The normalized spacial score (nSPS) is 15.2. The smallest absolute Gasteiger partial charge is 0.0417 e. The highest BCUT2D eigenvalue weighted by atomic mass is 79.9. The van der Waals surface area contributed by atoms with E-state index in [1.165, 1.54) is 0 Å². The number of hydrogen-bond acceptors (Lipinski definition) is 0. The van der Waals surface area contributed by atoms with Gasteiger partial charge in [-0.05, 0) is 0 Å². The van der Waals surface area contributed by atoms with E-state index in [4.69, 9.17) is 1.37 Å². The molecule has 26 valence electrons. The first-order chi connectivity index (χ1) is 2.00. The fraction of sp³-hybridized carbons (Fsp3) is 1.00. The van der Waals surface area contributed by atoms with Crippen molar-refractivity contribution in [3.63, 3.8) is 0 Å². The topological polar surface area (TPSA) is 0 Å². The van der Waals surface area contributed by atoms with Gasteiger partial charge in [0.1, 0.15) is 0 Å². The van der Waals surface area contributed by atoms with E-state index < -0.39 is 4.80 Å². The van der Waals surface area contributed by atoms with E-state index >= 15 is 0 Å². The predicted molar refractivity (Wildman–Crippen MR) is 24.1 cm³/mol. The van der Waals surface area contributed by atoms with Gasteiger partial charge in [0, 0.05) is 6.17 Å². The van der Waals surface area contributed by atoms with Crippen molar-refractivity contribution in [1.82, 2.24) is 0 Å². The summed E-state index contributed by atoms with van der Waals surface area (Å²) < 4.78 is 6.85. The van der Waals surface area contributed by atoms with Crippen LogP contribution in [-0.2, 0) is 0 Å². The highest BCUT2D eigenvalue weighted by Crippen LogP contribution is 1.89. The molecular formula is C3H7Br. The van der Waals surface area contributed by atoms with Crippen molar-refractivity contribution in [3.05, 3.63) is 0 Å². The molecular weight excluding hydrogens is 116 g/mol. The Morgan fingerprint density at radius 2 is 2.00 bits per heavy atom. The molecule has 0 unspecified atom stereocenters. The van der Waals surface area contributed by atoms with Crippen LogP contribution in [-0.4, -0.2) is 4.80 Å². The standard InChI is InChI=1S/C3H7Br/c1-3(2)4/h3H,1-2H3/i3D. The number of halogens is 1. The molecule has 0 aromatic heterocycles. The summed E-state index contributed by atoms with van der Waals surface area (Å²) >= 11 is 3.04. The van der Waals surface area contributed by atoms with Gasteiger partial charge in [0.25, 0.3) is 0 Å². The zero-order chi connectivity index (χ0) is 4.50. The highest BCUT2D eigenvalue weighted by molar-refractivity contribution is 9.09. The zero-order valence-corrected chi connectivity index (χ0v) is 4.46. The highest BCUT2D eigenvalue weighted by Gasteiger charge is 1.71. The Kier molecular flexibility index (Phi) is 1.19. The molecule has 0 aliphatic carbocycles. The molecule has 0 aromatic carbocycles. The van der Waals surface area contributed by atoms with E-state index in [1.807, 2.05) is 0 Å². The van der Waals surface area contributed by atoms with Crippen molar-refractivity contribution in [2.75, 3.05) is 0 Å². The fourth-order valence-electron chi connectivity index (χ4n) is 0. The van der Waals surface area contributed by atoms with Crippen LogP contribution in [0.5, 0.6) is 0 Å². The summed E-state index contributed by atoms with van der Waals surface area (Å²) in [6, 6.07) is 0. The Hall–Kier alpha value is 0.480. The SMILES string of the molecule is [2H]C(C)(C)Br. The van der Waals surface area contributed by atoms with E-state index in [-0.39, 0.29) is 0 Å². The molecule has 0 radical (unpaired) electrons. The lowest BCUT2D eigenvalue weighted by Crippen LogP contribution is -1.69. The molecule has 0 spiro atoms. The van der Waals surface area contributed by atoms with Crippen LogP contribution >= 0.6 is 15.9 Å². The summed E-state index contributed by atoms with van der Waals surface area (Å²) in [4.78, 5) is -0.438. The second kappa shape index (κ2) is 1.77. The van der Waals surface area contributed by atoms with Gasteiger partial charge >= 0.3 is 0 Å². The molecule has 0 atom stereocenters. The van der Waals surface area contributed by atoms with Crippen LogP contribution in [0.2, 0.25) is 0 Å². The lowest BCUT2D eigenvalue weighted by Gasteiger charge is -1.76. The van der Waals surface area contributed by atoms with Gasteiger partial charge in [-0.15, -0.1) is 0 Å². The largest absolute Gasteiger partial charge is 0.0897 e. The number of rotatable bonds is 0. The third-order valence-corrected chi connectivity index (χ3v) is 0. The summed E-state index contributed by atoms with van der Waals surface area (Å²) in [6.45, 7) is 3.54. The minimum atomic E-state index is -0.438. The molecule has 0 heterocycles. The van der Waals surface area contributed by atoms with Crippen LogP contribution in [0, 0.1) is 0 Å². The van der Waals surface area contributed by atoms with Crippen molar-refractivity contribution in [3.8, 4) is 0 Å². The minimum Gasteiger partial charge on any atom is -0.0897 e. The van der Waals surface area contributed by atoms with Crippen molar-refractivity contribution < 1.29 is 1.37 Å². The molecule has 0 saturated carbocycles. The van der Waals surface area contributed by atoms with Crippen LogP contribution in [0.25, 0.3) is 0 Å². The van der Waals surface area contributed by atoms with E-state index in [9.17, 15) is 0 Å². The quantitative estimate of drug-likeness (QED) is 0.432. The molecule has 0 N–H and O–H groups in total. The first-order valence-corrected chi connectivity index (χ1v) is 1.98. The van der Waals surface area contributed by atoms with Crippen molar-refractivity contribution in [2.45, 2.75) is 18.7 Å². The van der Waals surface area contributed by atoms with Gasteiger partial charge in [-0.3, -0.25) is 0 Å². The van der Waals surface area contributed by atoms with Crippen LogP contribution in [0.4, 0.5) is 0 Å². The van der Waals surface area contributed by atoms with Gasteiger partial charge in [0.2, 0.25) is 0 Å². The van der Waals surface area contributed by atoms with Gasteiger partial charge in [0.05, 0.1) is 0 Å². The van der Waals surface area contributed by atoms with Gasteiger partial charge in [0.15, 0.2) is 0 Å². The molecule has 1 heteroatoms. The summed E-state index contributed by atoms with van der Waals surface area (Å²) in [5.41, 5.74) is 0. The maximum atomic E-state index is 6.85. The molecule has 0 rings (SSSR count). The molecule has 0 bridgehead atoms. The summed E-state index contributed by atoms with van der Waals surface area (Å²) in [6.07, 6.45) is 0. The predicted octanol–water partition coefficient (Wildman–Crippen LogP) is 1.79. The van der Waals surface area contributed by atoms with Crippen LogP contribution < -0.4 is 0 Å². The number of hydrogen-bond donors (Lipinski definition) is 0. The molecule has 0 amide bonds. The van der Waals surface area contributed by atoms with Crippen LogP contribution in [0.15, 0.2) is 0 Å². The lowest BCUT2D eigenvalue weighted by atomic mass is 10.6. The summed E-state index contributed by atoms with van der Waals surface area (Å²) in [5, 5.41) is 0. The maximum absolute atomic E-state index is 6.85. The average molecular weight is 124 g/mol. The summed E-state index contributed by atoms with van der Waals surface area (Å²) in [7, 11) is 0. The summed E-state index contributed by atoms with van der Waals surface area (Å²) in [5.74, 6) is 0. The third-order valence-electron chi connectivity index (χ3n) is 0. The Labute approximate surface area is 36.7 Å². The van der Waals surface area contributed by atoms with Crippen LogP contribution in [0.3, 0.4) is 0 Å². The van der Waals surface area contributed by atoms with Gasteiger partial charge < -0.3 is 0 Å². The van der Waals surface area contributed by atoms with E-state index in [2.05, 4.69) is 15.9 Å². The Morgan fingerprint density at radius 1 is 2.00 bits per heavy atom. The third kappa shape index (κ3) is 23.6. The lowest BCUT2D eigenvalue weighted by molar-refractivity contribution is 1.14. The average Bonchev–Trinajstić information content (AvgIpc) is 0.722. The van der Waals surface area contributed by atoms with Crippen molar-refractivity contribution >= 4 is 15.9 Å². The molecule has 4 heavy (non-hydrogen) atoms. The van der Waals surface area contributed by atoms with Crippen molar-refractivity contribution in [1.29, 1.82) is 0 Å². The fourth-order valence-corrected chi connectivity index (χ4v) is 0. The molecule has 0 fully saturated rings. The molecule has 0 aliphatic heterocycles. The first-order valence-electron chi connectivity index (χ1n) is 1.69. The Morgan fingerprint density at radius 3 is 2.00 bits per heavy atom.